The summed E-state index contributed by atoms with van der Waals surface area (Å²) in [5.41, 5.74) is 10.2. The van der Waals surface area contributed by atoms with Crippen LogP contribution >= 0.6 is 11.8 Å². The van der Waals surface area contributed by atoms with Gasteiger partial charge in [-0.25, -0.2) is 0 Å². The molecule has 100 valence electrons. The second-order valence-electron chi connectivity index (χ2n) is 5.19. The lowest BCUT2D eigenvalue weighted by atomic mass is 10.0. The maximum Gasteiger partial charge on any atom is 0.0666 e. The van der Waals surface area contributed by atoms with Gasteiger partial charge in [-0.05, 0) is 43.9 Å². The molecule has 18 heavy (non-hydrogen) atoms. The molecule has 1 fully saturated rings. The van der Waals surface area contributed by atoms with Crippen LogP contribution in [0.25, 0.3) is 0 Å². The number of rotatable bonds is 4. The first kappa shape index (κ1) is 13.9. The number of thioether (sulfide) groups is 1. The molecule has 2 N–H and O–H groups in total. The Labute approximate surface area is 114 Å². The Balaban J connectivity index is 1.90. The number of hydrogen-bond acceptors (Lipinski definition) is 3. The predicted octanol–water partition coefficient (Wildman–Crippen LogP) is 3.21. The van der Waals surface area contributed by atoms with E-state index in [1.165, 1.54) is 16.7 Å². The van der Waals surface area contributed by atoms with E-state index in [0.29, 0.717) is 11.4 Å². The smallest absolute Gasteiger partial charge is 0.0666 e. The summed E-state index contributed by atoms with van der Waals surface area (Å²) >= 11 is 1.96. The molecule has 0 radical (unpaired) electrons. The number of ether oxygens (including phenoxy) is 1. The van der Waals surface area contributed by atoms with Crippen molar-refractivity contribution in [2.24, 2.45) is 5.73 Å². The van der Waals surface area contributed by atoms with E-state index in [-0.39, 0.29) is 6.04 Å². The molecule has 1 aromatic rings. The van der Waals surface area contributed by atoms with Gasteiger partial charge in [0.15, 0.2) is 0 Å². The molecule has 3 atom stereocenters. The summed E-state index contributed by atoms with van der Waals surface area (Å²) in [6.07, 6.45) is 1.54. The van der Waals surface area contributed by atoms with Crippen LogP contribution in [0.15, 0.2) is 18.2 Å². The van der Waals surface area contributed by atoms with Crippen molar-refractivity contribution in [1.29, 1.82) is 0 Å². The second-order valence-corrected chi connectivity index (χ2v) is 6.46. The topological polar surface area (TPSA) is 35.2 Å². The summed E-state index contributed by atoms with van der Waals surface area (Å²) in [6, 6.07) is 6.66. The van der Waals surface area contributed by atoms with Crippen molar-refractivity contribution < 1.29 is 4.74 Å². The average molecular weight is 265 g/mol. The predicted molar refractivity (Wildman–Crippen MR) is 79.1 cm³/mol. The minimum Gasteiger partial charge on any atom is -0.377 e. The molecule has 1 saturated heterocycles. The van der Waals surface area contributed by atoms with Crippen molar-refractivity contribution in [3.8, 4) is 0 Å². The van der Waals surface area contributed by atoms with E-state index in [0.717, 1.165) is 18.8 Å². The Morgan fingerprint density at radius 1 is 1.39 bits per heavy atom. The van der Waals surface area contributed by atoms with Gasteiger partial charge in [0, 0.05) is 23.7 Å². The summed E-state index contributed by atoms with van der Waals surface area (Å²) in [4.78, 5) is 0. The SMILES string of the molecule is Cc1ccc(C(N)CSC2CCOC2C)cc1C. The summed E-state index contributed by atoms with van der Waals surface area (Å²) < 4.78 is 5.58. The molecule has 1 aliphatic rings. The maximum atomic E-state index is 6.28. The highest BCUT2D eigenvalue weighted by Gasteiger charge is 2.25. The molecule has 3 heteroatoms. The van der Waals surface area contributed by atoms with Gasteiger partial charge in [0.1, 0.15) is 0 Å². The normalized spacial score (nSPS) is 25.3. The number of nitrogens with two attached hydrogens (primary N) is 1. The zero-order valence-electron chi connectivity index (χ0n) is 11.5. The Bertz CT molecular complexity index is 407. The molecule has 0 spiro atoms. The second kappa shape index (κ2) is 6.09. The van der Waals surface area contributed by atoms with Gasteiger partial charge in [-0.3, -0.25) is 0 Å². The monoisotopic (exact) mass is 265 g/mol. The molecule has 1 aliphatic heterocycles. The van der Waals surface area contributed by atoms with Crippen molar-refractivity contribution in [2.45, 2.75) is 44.6 Å². The van der Waals surface area contributed by atoms with Crippen molar-refractivity contribution in [3.63, 3.8) is 0 Å². The van der Waals surface area contributed by atoms with Crippen LogP contribution in [-0.2, 0) is 4.74 Å². The number of benzene rings is 1. The number of hydrogen-bond donors (Lipinski definition) is 1. The maximum absolute atomic E-state index is 6.28. The summed E-state index contributed by atoms with van der Waals surface area (Å²) in [5, 5.41) is 0.614. The Hall–Kier alpha value is -0.510. The van der Waals surface area contributed by atoms with Crippen LogP contribution in [0.4, 0.5) is 0 Å². The molecular formula is C15H23NOS. The molecule has 1 aromatic carbocycles. The highest BCUT2D eigenvalue weighted by molar-refractivity contribution is 8.00. The molecule has 0 amide bonds. The molecule has 1 heterocycles. The molecule has 2 nitrogen and oxygen atoms in total. The molecular weight excluding hydrogens is 242 g/mol. The quantitative estimate of drug-likeness (QED) is 0.908. The fourth-order valence-electron chi connectivity index (χ4n) is 2.25. The Kier molecular flexibility index (Phi) is 4.71. The largest absolute Gasteiger partial charge is 0.377 e. The van der Waals surface area contributed by atoms with Gasteiger partial charge in [-0.1, -0.05) is 18.2 Å². The lowest BCUT2D eigenvalue weighted by Gasteiger charge is -2.18. The van der Waals surface area contributed by atoms with E-state index in [2.05, 4.69) is 39.0 Å². The molecule has 0 aliphatic carbocycles. The average Bonchev–Trinajstić information content (AvgIpc) is 2.75. The Morgan fingerprint density at radius 3 is 2.78 bits per heavy atom. The Morgan fingerprint density at radius 2 is 2.17 bits per heavy atom. The first-order chi connectivity index (χ1) is 8.58. The van der Waals surface area contributed by atoms with Gasteiger partial charge in [-0.15, -0.1) is 0 Å². The zero-order chi connectivity index (χ0) is 13.1. The fraction of sp³-hybridized carbons (Fsp3) is 0.600. The van der Waals surface area contributed by atoms with Gasteiger partial charge in [0.2, 0.25) is 0 Å². The molecule has 0 saturated carbocycles. The molecule has 0 aromatic heterocycles. The van der Waals surface area contributed by atoms with Gasteiger partial charge in [0.25, 0.3) is 0 Å². The lowest BCUT2D eigenvalue weighted by Crippen LogP contribution is -2.19. The van der Waals surface area contributed by atoms with Crippen LogP contribution in [0.5, 0.6) is 0 Å². The van der Waals surface area contributed by atoms with Gasteiger partial charge in [-0.2, -0.15) is 11.8 Å². The minimum absolute atomic E-state index is 0.127. The van der Waals surface area contributed by atoms with Crippen LogP contribution in [0.3, 0.4) is 0 Å². The van der Waals surface area contributed by atoms with Crippen molar-refractivity contribution >= 4 is 11.8 Å². The molecule has 0 bridgehead atoms. The van der Waals surface area contributed by atoms with E-state index in [1.807, 2.05) is 11.8 Å². The van der Waals surface area contributed by atoms with Gasteiger partial charge in [0.05, 0.1) is 6.10 Å². The third-order valence-electron chi connectivity index (χ3n) is 3.76. The van der Waals surface area contributed by atoms with E-state index >= 15 is 0 Å². The van der Waals surface area contributed by atoms with Crippen LogP contribution in [0.1, 0.15) is 36.1 Å². The van der Waals surface area contributed by atoms with E-state index in [1.54, 1.807) is 0 Å². The van der Waals surface area contributed by atoms with Crippen molar-refractivity contribution in [3.05, 3.63) is 34.9 Å². The number of aryl methyl sites for hydroxylation is 2. The summed E-state index contributed by atoms with van der Waals surface area (Å²) in [7, 11) is 0. The van der Waals surface area contributed by atoms with Crippen LogP contribution in [0, 0.1) is 13.8 Å². The lowest BCUT2D eigenvalue weighted by molar-refractivity contribution is 0.127. The van der Waals surface area contributed by atoms with Crippen molar-refractivity contribution in [2.75, 3.05) is 12.4 Å². The van der Waals surface area contributed by atoms with Crippen LogP contribution in [0.2, 0.25) is 0 Å². The van der Waals surface area contributed by atoms with E-state index < -0.39 is 0 Å². The van der Waals surface area contributed by atoms with Crippen molar-refractivity contribution in [1.82, 2.24) is 0 Å². The van der Waals surface area contributed by atoms with Gasteiger partial charge < -0.3 is 10.5 Å². The third kappa shape index (κ3) is 3.28. The standard InChI is InChI=1S/C15H23NOS/c1-10-4-5-13(8-11(10)2)14(16)9-18-15-6-7-17-12(15)3/h4-5,8,12,14-15H,6-7,9,16H2,1-3H3. The third-order valence-corrected chi connectivity index (χ3v) is 5.35. The molecule has 2 rings (SSSR count). The zero-order valence-corrected chi connectivity index (χ0v) is 12.3. The fourth-order valence-corrected chi connectivity index (χ4v) is 3.51. The van der Waals surface area contributed by atoms with Crippen LogP contribution in [-0.4, -0.2) is 23.7 Å². The minimum atomic E-state index is 0.127. The summed E-state index contributed by atoms with van der Waals surface area (Å²) in [6.45, 7) is 7.34. The highest BCUT2D eigenvalue weighted by Crippen LogP contribution is 2.29. The van der Waals surface area contributed by atoms with Crippen LogP contribution < -0.4 is 5.73 Å². The highest BCUT2D eigenvalue weighted by atomic mass is 32.2. The first-order valence-electron chi connectivity index (χ1n) is 6.64. The first-order valence-corrected chi connectivity index (χ1v) is 7.68. The van der Waals surface area contributed by atoms with E-state index in [4.69, 9.17) is 10.5 Å². The summed E-state index contributed by atoms with van der Waals surface area (Å²) in [5.74, 6) is 0.973. The molecule has 3 unspecified atom stereocenters. The van der Waals surface area contributed by atoms with Gasteiger partial charge >= 0.3 is 0 Å². The van der Waals surface area contributed by atoms with E-state index in [9.17, 15) is 0 Å².